The van der Waals surface area contributed by atoms with Gasteiger partial charge in [0.1, 0.15) is 11.8 Å². The number of carboxylic acid groups (broad SMARTS) is 1. The number of hydrogen-bond acceptors (Lipinski definition) is 5. The molecule has 7 heteroatoms. The number of anilines is 1. The molecule has 0 spiro atoms. The van der Waals surface area contributed by atoms with Crippen LogP contribution in [-0.2, 0) is 9.59 Å². The normalized spacial score (nSPS) is 22.5. The highest BCUT2D eigenvalue weighted by Crippen LogP contribution is 2.48. The monoisotopic (exact) mass is 784 g/mol. The molecule has 0 radical (unpaired) electrons. The summed E-state index contributed by atoms with van der Waals surface area (Å²) in [7, 11) is 0. The number of para-hydroxylation sites is 1. The number of carboxylic acids is 1. The first-order chi connectivity index (χ1) is 26.7. The van der Waals surface area contributed by atoms with E-state index in [0.29, 0.717) is 38.6 Å². The van der Waals surface area contributed by atoms with Gasteiger partial charge in [-0.2, -0.15) is 0 Å². The Morgan fingerprint density at radius 2 is 1.47 bits per heavy atom. The van der Waals surface area contributed by atoms with Crippen molar-refractivity contribution in [3.63, 3.8) is 0 Å². The zero-order chi connectivity index (χ0) is 39.8. The lowest BCUT2D eigenvalue weighted by atomic mass is 9.63. The van der Waals surface area contributed by atoms with Gasteiger partial charge in [0.15, 0.2) is 0 Å². The standard InChI is InChI=1S/C48H78ClNO5/c1-3-5-6-7-8-9-10-11-12-13-14-15-16-17-18-25-37-50(40-28-21-19-22-29-40)48(36-38-51,46(54)55)35-24-20-23-30-41-42(44(52)39-43(41)49)31-26-32-45(53)47(4-2)33-27-34-47/h19-23,26,28-29,31,38,41-45,52-53H,3-18,24-25,27,30,32-37,39H2,1-2H3,(H,54,55)/b23-20-,31-26+/t41-,42-,43-,44-,45+,48?/m1/s1. The number of rotatable bonds is 32. The number of carbonyl (C=O) groups excluding carboxylic acids is 1. The van der Waals surface area contributed by atoms with Gasteiger partial charge in [-0.3, -0.25) is 0 Å². The second-order valence-corrected chi connectivity index (χ2v) is 17.6. The fourth-order valence-corrected chi connectivity index (χ4v) is 9.79. The molecule has 0 heterocycles. The van der Waals surface area contributed by atoms with E-state index in [-0.39, 0.29) is 35.2 Å². The third kappa shape index (κ3) is 15.3. The van der Waals surface area contributed by atoms with Crippen molar-refractivity contribution in [2.45, 2.75) is 204 Å². The Morgan fingerprint density at radius 1 is 0.891 bits per heavy atom. The van der Waals surface area contributed by atoms with Gasteiger partial charge in [0.2, 0.25) is 0 Å². The Labute approximate surface area is 340 Å². The molecule has 6 atom stereocenters. The maximum Gasteiger partial charge on any atom is 0.330 e. The summed E-state index contributed by atoms with van der Waals surface area (Å²) in [6, 6.07) is 9.72. The minimum Gasteiger partial charge on any atom is -0.479 e. The first-order valence-electron chi connectivity index (χ1n) is 22.6. The maximum absolute atomic E-state index is 13.2. The van der Waals surface area contributed by atoms with Crippen LogP contribution in [0.3, 0.4) is 0 Å². The van der Waals surface area contributed by atoms with Crippen LogP contribution in [0.5, 0.6) is 0 Å². The van der Waals surface area contributed by atoms with Crippen molar-refractivity contribution in [3.05, 3.63) is 54.6 Å². The van der Waals surface area contributed by atoms with Gasteiger partial charge in [0.05, 0.1) is 12.2 Å². The Bertz CT molecular complexity index is 1230. The number of aliphatic carboxylic acids is 1. The van der Waals surface area contributed by atoms with E-state index in [9.17, 15) is 24.9 Å². The fourth-order valence-electron chi connectivity index (χ4n) is 9.34. The first-order valence-corrected chi connectivity index (χ1v) is 23.0. The summed E-state index contributed by atoms with van der Waals surface area (Å²) in [4.78, 5) is 27.2. The van der Waals surface area contributed by atoms with E-state index in [1.165, 1.54) is 89.9 Å². The van der Waals surface area contributed by atoms with Gasteiger partial charge in [-0.05, 0) is 81.3 Å². The largest absolute Gasteiger partial charge is 0.479 e. The predicted molar refractivity (Wildman–Crippen MR) is 231 cm³/mol. The summed E-state index contributed by atoms with van der Waals surface area (Å²) in [6.07, 6.45) is 35.5. The van der Waals surface area contributed by atoms with Crippen LogP contribution in [0.2, 0.25) is 0 Å². The number of halogens is 1. The van der Waals surface area contributed by atoms with Crippen LogP contribution in [-0.4, -0.2) is 57.2 Å². The lowest BCUT2D eigenvalue weighted by molar-refractivity contribution is -0.145. The van der Waals surface area contributed by atoms with Gasteiger partial charge in [-0.1, -0.05) is 159 Å². The quantitative estimate of drug-likeness (QED) is 0.0291. The van der Waals surface area contributed by atoms with Crippen LogP contribution in [0.1, 0.15) is 181 Å². The summed E-state index contributed by atoms with van der Waals surface area (Å²) >= 11 is 6.75. The fraction of sp³-hybridized carbons (Fsp3) is 0.750. The van der Waals surface area contributed by atoms with Crippen LogP contribution in [0.4, 0.5) is 5.69 Å². The van der Waals surface area contributed by atoms with Crippen molar-refractivity contribution < 1.29 is 24.9 Å². The molecule has 3 rings (SSSR count). The SMILES string of the molecule is CCCCCCCCCCCCCCCCCCN(c1ccccc1)C(CC=O)(CC/C=C\C[C@@H]1[C@@H](/C=C/C[C@H](O)C2(CC)CCC2)[C@H](O)C[C@H]1Cl)C(=O)O. The molecule has 312 valence electrons. The van der Waals surface area contributed by atoms with Crippen molar-refractivity contribution in [2.75, 3.05) is 11.4 Å². The minimum absolute atomic E-state index is 0.0483. The minimum atomic E-state index is -1.34. The number of nitrogens with zero attached hydrogens (tertiary/aromatic N) is 1. The van der Waals surface area contributed by atoms with Gasteiger partial charge in [0, 0.05) is 29.9 Å². The molecule has 2 fully saturated rings. The van der Waals surface area contributed by atoms with E-state index < -0.39 is 17.6 Å². The molecular weight excluding hydrogens is 706 g/mol. The number of aldehydes is 1. The van der Waals surface area contributed by atoms with E-state index >= 15 is 0 Å². The Hall–Kier alpha value is -2.15. The number of aliphatic hydroxyl groups is 2. The van der Waals surface area contributed by atoms with Crippen molar-refractivity contribution in [3.8, 4) is 0 Å². The highest BCUT2D eigenvalue weighted by molar-refractivity contribution is 6.21. The topological polar surface area (TPSA) is 98.1 Å². The lowest BCUT2D eigenvalue weighted by Gasteiger charge is -2.45. The Kier molecular flexibility index (Phi) is 22.9. The maximum atomic E-state index is 13.2. The summed E-state index contributed by atoms with van der Waals surface area (Å²) < 4.78 is 0. The van der Waals surface area contributed by atoms with Crippen LogP contribution in [0, 0.1) is 17.3 Å². The molecule has 1 aromatic rings. The average molecular weight is 785 g/mol. The van der Waals surface area contributed by atoms with Crippen LogP contribution >= 0.6 is 11.6 Å². The third-order valence-electron chi connectivity index (χ3n) is 13.3. The van der Waals surface area contributed by atoms with Crippen molar-refractivity contribution in [2.24, 2.45) is 17.3 Å². The zero-order valence-electron chi connectivity index (χ0n) is 34.7. The zero-order valence-corrected chi connectivity index (χ0v) is 35.5. The molecule has 6 nitrogen and oxygen atoms in total. The van der Waals surface area contributed by atoms with Crippen molar-refractivity contribution >= 4 is 29.5 Å². The molecule has 0 aliphatic heterocycles. The molecule has 2 aliphatic rings. The van der Waals surface area contributed by atoms with E-state index in [1.807, 2.05) is 47.4 Å². The lowest BCUT2D eigenvalue weighted by Crippen LogP contribution is -2.56. The van der Waals surface area contributed by atoms with Gasteiger partial charge < -0.3 is 25.0 Å². The van der Waals surface area contributed by atoms with Crippen molar-refractivity contribution in [1.82, 2.24) is 0 Å². The number of allylic oxidation sites excluding steroid dienone is 2. The second-order valence-electron chi connectivity index (χ2n) is 17.1. The number of aliphatic hydroxyl groups excluding tert-OH is 2. The summed E-state index contributed by atoms with van der Waals surface area (Å²) in [5, 5.41) is 32.3. The van der Waals surface area contributed by atoms with Gasteiger partial charge in [-0.15, -0.1) is 11.6 Å². The number of carbonyl (C=O) groups is 2. The van der Waals surface area contributed by atoms with E-state index in [0.717, 1.165) is 50.5 Å². The van der Waals surface area contributed by atoms with Crippen LogP contribution in [0.25, 0.3) is 0 Å². The summed E-state index contributed by atoms with van der Waals surface area (Å²) in [6.45, 7) is 5.02. The van der Waals surface area contributed by atoms with Crippen molar-refractivity contribution in [1.29, 1.82) is 0 Å². The highest BCUT2D eigenvalue weighted by Gasteiger charge is 2.44. The molecule has 1 aromatic carbocycles. The molecule has 0 bridgehead atoms. The molecule has 2 saturated carbocycles. The molecule has 0 amide bonds. The van der Waals surface area contributed by atoms with Crippen LogP contribution in [0.15, 0.2) is 54.6 Å². The Balaban J connectivity index is 1.49. The number of hydrogen-bond donors (Lipinski definition) is 3. The van der Waals surface area contributed by atoms with Gasteiger partial charge in [0.25, 0.3) is 0 Å². The summed E-state index contributed by atoms with van der Waals surface area (Å²) in [5.41, 5.74) is -0.458. The average Bonchev–Trinajstić information content (AvgIpc) is 3.43. The molecule has 3 N–H and O–H groups in total. The third-order valence-corrected chi connectivity index (χ3v) is 13.8. The van der Waals surface area contributed by atoms with Gasteiger partial charge >= 0.3 is 5.97 Å². The van der Waals surface area contributed by atoms with E-state index in [1.54, 1.807) is 0 Å². The number of unbranched alkanes of at least 4 members (excludes halogenated alkanes) is 15. The smallest absolute Gasteiger partial charge is 0.330 e. The summed E-state index contributed by atoms with van der Waals surface area (Å²) in [5.74, 6) is -0.993. The molecule has 0 saturated heterocycles. The van der Waals surface area contributed by atoms with E-state index in [2.05, 4.69) is 26.0 Å². The molecule has 55 heavy (non-hydrogen) atoms. The first kappa shape index (κ1) is 47.2. The molecule has 0 aromatic heterocycles. The number of alkyl halides is 1. The van der Waals surface area contributed by atoms with E-state index in [4.69, 9.17) is 11.6 Å². The molecule has 1 unspecified atom stereocenters. The second kappa shape index (κ2) is 26.7. The molecule has 2 aliphatic carbocycles. The number of benzene rings is 1. The predicted octanol–water partition coefficient (Wildman–Crippen LogP) is 12.4. The highest BCUT2D eigenvalue weighted by atomic mass is 35.5. The Morgan fingerprint density at radius 3 is 1.98 bits per heavy atom. The van der Waals surface area contributed by atoms with Crippen LogP contribution < -0.4 is 4.90 Å². The van der Waals surface area contributed by atoms with Gasteiger partial charge in [-0.25, -0.2) is 4.79 Å². The molecular formula is C48H78ClNO5.